The van der Waals surface area contributed by atoms with Crippen LogP contribution in [-0.2, 0) is 4.74 Å². The van der Waals surface area contributed by atoms with Crippen LogP contribution in [0.4, 0.5) is 0 Å². The van der Waals surface area contributed by atoms with Crippen molar-refractivity contribution in [2.45, 2.75) is 12.8 Å². The summed E-state index contributed by atoms with van der Waals surface area (Å²) in [5.41, 5.74) is 0. The summed E-state index contributed by atoms with van der Waals surface area (Å²) in [6.07, 6.45) is 2.04. The lowest BCUT2D eigenvalue weighted by Crippen LogP contribution is -2.07. The molecule has 0 heterocycles. The third-order valence-corrected chi connectivity index (χ3v) is 2.18. The molecule has 15 heavy (non-hydrogen) atoms. The van der Waals surface area contributed by atoms with E-state index in [0.717, 1.165) is 25.2 Å². The Hall–Kier alpha value is -0.730. The summed E-state index contributed by atoms with van der Waals surface area (Å²) in [5, 5.41) is 0. The number of hydrogen-bond acceptors (Lipinski definition) is 2. The van der Waals surface area contributed by atoms with Gasteiger partial charge in [-0.25, -0.2) is 0 Å². The van der Waals surface area contributed by atoms with Crippen LogP contribution in [-0.4, -0.2) is 25.7 Å². The smallest absolute Gasteiger partial charge is 0.119 e. The molecule has 0 spiro atoms. The molecular weight excluding hydrogens is 212 g/mol. The van der Waals surface area contributed by atoms with Crippen LogP contribution in [0.5, 0.6) is 5.75 Å². The second-order valence-electron chi connectivity index (χ2n) is 3.17. The minimum absolute atomic E-state index is 0.602. The van der Waals surface area contributed by atoms with Gasteiger partial charge in [-0.3, -0.25) is 0 Å². The van der Waals surface area contributed by atoms with E-state index in [9.17, 15) is 0 Å². The van der Waals surface area contributed by atoms with E-state index in [1.165, 1.54) is 0 Å². The number of para-hydroxylation sites is 1. The summed E-state index contributed by atoms with van der Waals surface area (Å²) >= 11 is 5.54. The Balaban J connectivity index is 1.93. The van der Waals surface area contributed by atoms with Gasteiger partial charge in [0.15, 0.2) is 0 Å². The number of rotatable bonds is 8. The third kappa shape index (κ3) is 6.37. The normalized spacial score (nSPS) is 10.2. The summed E-state index contributed by atoms with van der Waals surface area (Å²) in [7, 11) is 0. The summed E-state index contributed by atoms with van der Waals surface area (Å²) in [5.74, 6) is 1.60. The lowest BCUT2D eigenvalue weighted by molar-refractivity contribution is 0.0981. The lowest BCUT2D eigenvalue weighted by atomic mass is 10.3. The molecule has 0 aliphatic rings. The molecule has 0 saturated carbocycles. The van der Waals surface area contributed by atoms with Gasteiger partial charge in [-0.05, 0) is 25.0 Å². The molecule has 0 radical (unpaired) electrons. The number of alkyl halides is 1. The summed E-state index contributed by atoms with van der Waals surface area (Å²) in [6, 6.07) is 9.75. The fourth-order valence-corrected chi connectivity index (χ4v) is 1.32. The first kappa shape index (κ1) is 12.3. The molecule has 0 N–H and O–H groups in total. The molecular formula is C12H17ClO2. The molecule has 1 aromatic carbocycles. The topological polar surface area (TPSA) is 18.5 Å². The average molecular weight is 229 g/mol. The van der Waals surface area contributed by atoms with Gasteiger partial charge in [-0.1, -0.05) is 18.2 Å². The van der Waals surface area contributed by atoms with E-state index in [0.29, 0.717) is 19.1 Å². The van der Waals surface area contributed by atoms with Crippen molar-refractivity contribution in [2.24, 2.45) is 0 Å². The fourth-order valence-electron chi connectivity index (χ4n) is 1.14. The van der Waals surface area contributed by atoms with Crippen LogP contribution in [0.3, 0.4) is 0 Å². The Morgan fingerprint density at radius 1 is 0.933 bits per heavy atom. The van der Waals surface area contributed by atoms with Gasteiger partial charge in [0.05, 0.1) is 6.61 Å². The van der Waals surface area contributed by atoms with Crippen LogP contribution < -0.4 is 4.74 Å². The summed E-state index contributed by atoms with van der Waals surface area (Å²) in [6.45, 7) is 2.01. The second kappa shape index (κ2) is 8.57. The Labute approximate surface area is 96.2 Å². The Morgan fingerprint density at radius 2 is 1.73 bits per heavy atom. The van der Waals surface area contributed by atoms with E-state index in [4.69, 9.17) is 21.1 Å². The van der Waals surface area contributed by atoms with Crippen molar-refractivity contribution < 1.29 is 9.47 Å². The molecule has 0 unspecified atom stereocenters. The van der Waals surface area contributed by atoms with Crippen LogP contribution in [0, 0.1) is 0 Å². The lowest BCUT2D eigenvalue weighted by Gasteiger charge is -2.06. The molecule has 0 atom stereocenters. The summed E-state index contributed by atoms with van der Waals surface area (Å²) in [4.78, 5) is 0. The highest BCUT2D eigenvalue weighted by atomic mass is 35.5. The van der Waals surface area contributed by atoms with Gasteiger partial charge >= 0.3 is 0 Å². The predicted octanol–water partition coefficient (Wildman–Crippen LogP) is 3.10. The molecule has 2 nitrogen and oxygen atoms in total. The van der Waals surface area contributed by atoms with Gasteiger partial charge in [0.2, 0.25) is 0 Å². The van der Waals surface area contributed by atoms with E-state index >= 15 is 0 Å². The highest BCUT2D eigenvalue weighted by molar-refractivity contribution is 6.17. The van der Waals surface area contributed by atoms with Gasteiger partial charge in [-0.15, -0.1) is 11.6 Å². The van der Waals surface area contributed by atoms with Crippen molar-refractivity contribution >= 4 is 11.6 Å². The Kier molecular flexibility index (Phi) is 7.05. The molecule has 0 aromatic heterocycles. The molecule has 0 amide bonds. The number of hydrogen-bond donors (Lipinski definition) is 0. The highest BCUT2D eigenvalue weighted by Gasteiger charge is 1.92. The average Bonchev–Trinajstić information content (AvgIpc) is 2.29. The molecule has 0 fully saturated rings. The van der Waals surface area contributed by atoms with Crippen LogP contribution in [0.25, 0.3) is 0 Å². The number of unbranched alkanes of at least 4 members (excludes halogenated alkanes) is 1. The van der Waals surface area contributed by atoms with Crippen molar-refractivity contribution in [3.05, 3.63) is 30.3 Å². The minimum atomic E-state index is 0.602. The molecule has 0 bridgehead atoms. The number of benzene rings is 1. The van der Waals surface area contributed by atoms with E-state index in [1.54, 1.807) is 0 Å². The first-order chi connectivity index (χ1) is 7.43. The maximum Gasteiger partial charge on any atom is 0.119 e. The molecule has 0 saturated heterocycles. The largest absolute Gasteiger partial charge is 0.491 e. The van der Waals surface area contributed by atoms with Gasteiger partial charge in [0.25, 0.3) is 0 Å². The zero-order chi connectivity index (χ0) is 10.8. The van der Waals surface area contributed by atoms with Crippen LogP contribution >= 0.6 is 11.6 Å². The van der Waals surface area contributed by atoms with Crippen LogP contribution in [0.2, 0.25) is 0 Å². The standard InChI is InChI=1S/C12H17ClO2/c13-8-4-5-9-14-10-11-15-12-6-2-1-3-7-12/h1-3,6-7H,4-5,8-11H2. The van der Waals surface area contributed by atoms with Crippen LogP contribution in [0.15, 0.2) is 30.3 Å². The molecule has 3 heteroatoms. The van der Waals surface area contributed by atoms with Gasteiger partial charge in [-0.2, -0.15) is 0 Å². The van der Waals surface area contributed by atoms with Gasteiger partial charge < -0.3 is 9.47 Å². The maximum absolute atomic E-state index is 5.54. The number of halogens is 1. The molecule has 0 aliphatic heterocycles. The maximum atomic E-state index is 5.54. The first-order valence-electron chi connectivity index (χ1n) is 5.25. The zero-order valence-electron chi connectivity index (χ0n) is 8.82. The monoisotopic (exact) mass is 228 g/mol. The summed E-state index contributed by atoms with van der Waals surface area (Å²) < 4.78 is 10.8. The van der Waals surface area contributed by atoms with Crippen molar-refractivity contribution in [3.8, 4) is 5.75 Å². The SMILES string of the molecule is ClCCCCOCCOc1ccccc1. The number of ether oxygens (including phenoxy) is 2. The Bertz CT molecular complexity index is 239. The van der Waals surface area contributed by atoms with Crippen molar-refractivity contribution in [3.63, 3.8) is 0 Å². The zero-order valence-corrected chi connectivity index (χ0v) is 9.58. The van der Waals surface area contributed by atoms with E-state index in [2.05, 4.69) is 0 Å². The molecule has 1 rings (SSSR count). The van der Waals surface area contributed by atoms with Crippen molar-refractivity contribution in [1.82, 2.24) is 0 Å². The van der Waals surface area contributed by atoms with E-state index in [1.807, 2.05) is 30.3 Å². The minimum Gasteiger partial charge on any atom is -0.491 e. The molecule has 0 aliphatic carbocycles. The van der Waals surface area contributed by atoms with Gasteiger partial charge in [0.1, 0.15) is 12.4 Å². The predicted molar refractivity (Wildman–Crippen MR) is 62.7 cm³/mol. The van der Waals surface area contributed by atoms with Crippen LogP contribution in [0.1, 0.15) is 12.8 Å². The van der Waals surface area contributed by atoms with Crippen molar-refractivity contribution in [1.29, 1.82) is 0 Å². The quantitative estimate of drug-likeness (QED) is 0.503. The van der Waals surface area contributed by atoms with Gasteiger partial charge in [0, 0.05) is 12.5 Å². The Morgan fingerprint density at radius 3 is 2.47 bits per heavy atom. The first-order valence-corrected chi connectivity index (χ1v) is 5.78. The third-order valence-electron chi connectivity index (χ3n) is 1.91. The van der Waals surface area contributed by atoms with Crippen molar-refractivity contribution in [2.75, 3.05) is 25.7 Å². The fraction of sp³-hybridized carbons (Fsp3) is 0.500. The van der Waals surface area contributed by atoms with E-state index in [-0.39, 0.29) is 0 Å². The second-order valence-corrected chi connectivity index (χ2v) is 3.55. The molecule has 1 aromatic rings. The van der Waals surface area contributed by atoms with E-state index < -0.39 is 0 Å². The highest BCUT2D eigenvalue weighted by Crippen LogP contribution is 2.07. The molecule has 84 valence electrons.